The third kappa shape index (κ3) is 3.20. The molecule has 20 heavy (non-hydrogen) atoms. The zero-order valence-corrected chi connectivity index (χ0v) is 13.2. The average Bonchev–Trinajstić information content (AvgIpc) is 3.11. The summed E-state index contributed by atoms with van der Waals surface area (Å²) in [6.45, 7) is 4.59. The molecule has 6 heteroatoms. The highest BCUT2D eigenvalue weighted by molar-refractivity contribution is 7.15. The lowest BCUT2D eigenvalue weighted by atomic mass is 10.1. The second kappa shape index (κ2) is 6.67. The lowest BCUT2D eigenvalue weighted by Gasteiger charge is -2.26. The molecule has 1 aliphatic rings. The maximum atomic E-state index is 5.02. The molecule has 0 aliphatic carbocycles. The van der Waals surface area contributed by atoms with Crippen molar-refractivity contribution in [2.75, 3.05) is 31.7 Å². The Balaban J connectivity index is 1.57. The Bertz CT molecular complexity index is 552. The number of ether oxygens (including phenoxy) is 1. The molecule has 0 unspecified atom stereocenters. The second-order valence-electron chi connectivity index (χ2n) is 4.82. The topological polar surface area (TPSA) is 37.4 Å². The zero-order chi connectivity index (χ0) is 13.8. The number of thiazole rings is 1. The molecule has 0 aromatic carbocycles. The Kier molecular flexibility index (Phi) is 4.67. The molecule has 0 spiro atoms. The minimum absolute atomic E-state index is 0.749. The molecule has 108 valence electrons. The van der Waals surface area contributed by atoms with Gasteiger partial charge in [-0.25, -0.2) is 4.98 Å². The molecule has 0 amide bonds. The molecule has 0 bridgehead atoms. The van der Waals surface area contributed by atoms with Gasteiger partial charge in [-0.3, -0.25) is 0 Å². The van der Waals surface area contributed by atoms with Gasteiger partial charge in [0, 0.05) is 49.2 Å². The predicted molar refractivity (Wildman–Crippen MR) is 84.8 cm³/mol. The fourth-order valence-electron chi connectivity index (χ4n) is 2.32. The Morgan fingerprint density at radius 2 is 2.45 bits per heavy atom. The summed E-state index contributed by atoms with van der Waals surface area (Å²) in [6, 6.07) is 2.24. The molecule has 1 N–H and O–H groups in total. The van der Waals surface area contributed by atoms with Crippen LogP contribution in [0.2, 0.25) is 0 Å². The highest BCUT2D eigenvalue weighted by atomic mass is 32.1. The van der Waals surface area contributed by atoms with Gasteiger partial charge in [-0.2, -0.15) is 0 Å². The minimum atomic E-state index is 0.749. The number of hydrogen-bond donors (Lipinski definition) is 1. The number of fused-ring (bicyclic) bond motifs is 1. The first kappa shape index (κ1) is 14.0. The molecular weight excluding hydrogens is 290 g/mol. The molecule has 0 fully saturated rings. The van der Waals surface area contributed by atoms with Crippen LogP contribution in [0.4, 0.5) is 5.13 Å². The number of rotatable bonds is 6. The summed E-state index contributed by atoms with van der Waals surface area (Å²) in [7, 11) is 1.72. The van der Waals surface area contributed by atoms with Gasteiger partial charge in [0.2, 0.25) is 0 Å². The molecule has 0 saturated carbocycles. The number of aromatic nitrogens is 1. The fourth-order valence-corrected chi connectivity index (χ4v) is 4.12. The predicted octanol–water partition coefficient (Wildman–Crippen LogP) is 2.50. The monoisotopic (exact) mass is 309 g/mol. The van der Waals surface area contributed by atoms with Gasteiger partial charge < -0.3 is 15.0 Å². The van der Waals surface area contributed by atoms with E-state index in [1.807, 2.05) is 17.5 Å². The SMILES string of the molecule is COCCNCc1cnc(N2CCc3sccc3C2)s1. The van der Waals surface area contributed by atoms with E-state index in [0.29, 0.717) is 0 Å². The van der Waals surface area contributed by atoms with E-state index in [4.69, 9.17) is 4.74 Å². The van der Waals surface area contributed by atoms with E-state index < -0.39 is 0 Å². The zero-order valence-electron chi connectivity index (χ0n) is 11.6. The number of anilines is 1. The number of nitrogens with one attached hydrogen (secondary N) is 1. The molecule has 0 radical (unpaired) electrons. The first-order valence-corrected chi connectivity index (χ1v) is 8.51. The van der Waals surface area contributed by atoms with Crippen molar-refractivity contribution in [2.24, 2.45) is 0 Å². The molecular formula is C14H19N3OS2. The molecule has 2 aromatic rings. The van der Waals surface area contributed by atoms with E-state index >= 15 is 0 Å². The fraction of sp³-hybridized carbons (Fsp3) is 0.500. The van der Waals surface area contributed by atoms with Gasteiger partial charge in [0.05, 0.1) is 6.61 Å². The van der Waals surface area contributed by atoms with Crippen LogP contribution in [-0.4, -0.2) is 31.8 Å². The summed E-state index contributed by atoms with van der Waals surface area (Å²) in [5.41, 5.74) is 1.47. The van der Waals surface area contributed by atoms with Gasteiger partial charge in [0.25, 0.3) is 0 Å². The molecule has 3 rings (SSSR count). The number of methoxy groups -OCH3 is 1. The van der Waals surface area contributed by atoms with Crippen molar-refractivity contribution in [3.05, 3.63) is 33.0 Å². The van der Waals surface area contributed by atoms with Crippen molar-refractivity contribution < 1.29 is 4.74 Å². The van der Waals surface area contributed by atoms with Crippen molar-refractivity contribution >= 4 is 27.8 Å². The Morgan fingerprint density at radius 3 is 3.35 bits per heavy atom. The smallest absolute Gasteiger partial charge is 0.185 e. The lowest BCUT2D eigenvalue weighted by molar-refractivity contribution is 0.199. The van der Waals surface area contributed by atoms with Crippen LogP contribution in [0.1, 0.15) is 15.3 Å². The first-order chi connectivity index (χ1) is 9.86. The van der Waals surface area contributed by atoms with Gasteiger partial charge in [0.15, 0.2) is 5.13 Å². The Morgan fingerprint density at radius 1 is 1.50 bits per heavy atom. The van der Waals surface area contributed by atoms with Crippen LogP contribution in [0.25, 0.3) is 0 Å². The van der Waals surface area contributed by atoms with E-state index in [9.17, 15) is 0 Å². The van der Waals surface area contributed by atoms with Gasteiger partial charge in [-0.1, -0.05) is 0 Å². The van der Waals surface area contributed by atoms with Gasteiger partial charge in [-0.15, -0.1) is 22.7 Å². The van der Waals surface area contributed by atoms with Crippen molar-refractivity contribution in [1.29, 1.82) is 0 Å². The van der Waals surface area contributed by atoms with Crippen molar-refractivity contribution in [2.45, 2.75) is 19.5 Å². The van der Waals surface area contributed by atoms with Crippen LogP contribution in [0.15, 0.2) is 17.6 Å². The molecule has 2 aromatic heterocycles. The van der Waals surface area contributed by atoms with E-state index in [1.54, 1.807) is 23.3 Å². The Labute approximate surface area is 127 Å². The maximum Gasteiger partial charge on any atom is 0.185 e. The lowest BCUT2D eigenvalue weighted by Crippen LogP contribution is -2.29. The third-order valence-electron chi connectivity index (χ3n) is 3.40. The maximum absolute atomic E-state index is 5.02. The van der Waals surface area contributed by atoms with Crippen molar-refractivity contribution in [3.63, 3.8) is 0 Å². The van der Waals surface area contributed by atoms with E-state index in [-0.39, 0.29) is 0 Å². The summed E-state index contributed by atoms with van der Waals surface area (Å²) in [4.78, 5) is 9.79. The van der Waals surface area contributed by atoms with Crippen LogP contribution in [0.3, 0.4) is 0 Å². The van der Waals surface area contributed by atoms with Gasteiger partial charge in [0.1, 0.15) is 0 Å². The van der Waals surface area contributed by atoms with E-state index in [1.165, 1.54) is 10.4 Å². The molecule has 3 heterocycles. The van der Waals surface area contributed by atoms with Gasteiger partial charge >= 0.3 is 0 Å². The molecule has 0 saturated heterocycles. The van der Waals surface area contributed by atoms with Crippen molar-refractivity contribution in [3.8, 4) is 0 Å². The quantitative estimate of drug-likeness (QED) is 0.832. The molecule has 0 atom stereocenters. The van der Waals surface area contributed by atoms with Crippen LogP contribution < -0.4 is 10.2 Å². The van der Waals surface area contributed by atoms with E-state index in [0.717, 1.165) is 44.3 Å². The summed E-state index contributed by atoms with van der Waals surface area (Å²) in [5, 5.41) is 6.70. The molecule has 4 nitrogen and oxygen atoms in total. The highest BCUT2D eigenvalue weighted by Crippen LogP contribution is 2.30. The average molecular weight is 309 g/mol. The second-order valence-corrected chi connectivity index (χ2v) is 6.91. The standard InChI is InChI=1S/C14H19N3OS2/c1-18-6-4-15-8-12-9-16-14(20-12)17-5-2-13-11(10-17)3-7-19-13/h3,7,9,15H,2,4-6,8,10H2,1H3. The van der Waals surface area contributed by atoms with Crippen LogP contribution in [0, 0.1) is 0 Å². The van der Waals surface area contributed by atoms with Gasteiger partial charge in [-0.05, 0) is 23.4 Å². The summed E-state index contributed by atoms with van der Waals surface area (Å²) >= 11 is 3.67. The number of hydrogen-bond acceptors (Lipinski definition) is 6. The largest absolute Gasteiger partial charge is 0.383 e. The number of thiophene rings is 1. The summed E-state index contributed by atoms with van der Waals surface area (Å²) < 4.78 is 5.02. The number of nitrogens with zero attached hydrogens (tertiary/aromatic N) is 2. The Hall–Kier alpha value is -0.950. The molecule has 1 aliphatic heterocycles. The highest BCUT2D eigenvalue weighted by Gasteiger charge is 2.19. The third-order valence-corrected chi connectivity index (χ3v) is 5.48. The summed E-state index contributed by atoms with van der Waals surface area (Å²) in [5.74, 6) is 0. The summed E-state index contributed by atoms with van der Waals surface area (Å²) in [6.07, 6.45) is 3.14. The van der Waals surface area contributed by atoms with Crippen LogP contribution >= 0.6 is 22.7 Å². The van der Waals surface area contributed by atoms with Crippen LogP contribution in [0.5, 0.6) is 0 Å². The first-order valence-electron chi connectivity index (χ1n) is 6.81. The normalized spacial score (nSPS) is 14.6. The minimum Gasteiger partial charge on any atom is -0.383 e. The van der Waals surface area contributed by atoms with Crippen LogP contribution in [-0.2, 0) is 24.2 Å². The van der Waals surface area contributed by atoms with Crippen molar-refractivity contribution in [1.82, 2.24) is 10.3 Å². The van der Waals surface area contributed by atoms with E-state index in [2.05, 4.69) is 26.6 Å².